The van der Waals surface area contributed by atoms with Crippen LogP contribution in [0.15, 0.2) is 76.9 Å². The SMILES string of the molecule is C=CCc1ccccc1OCCOc1cccc(/C=C2/C(=N)N3N=C(CCCCCCC)SC3=NC2=O)c1. The van der Waals surface area contributed by atoms with Crippen molar-refractivity contribution < 1.29 is 14.3 Å². The number of nitrogens with one attached hydrogen (secondary N) is 1. The summed E-state index contributed by atoms with van der Waals surface area (Å²) in [6, 6.07) is 15.3. The molecule has 2 aliphatic rings. The summed E-state index contributed by atoms with van der Waals surface area (Å²) in [6.07, 6.45) is 11.0. The highest BCUT2D eigenvalue weighted by molar-refractivity contribution is 8.26. The van der Waals surface area contributed by atoms with Gasteiger partial charge in [-0.3, -0.25) is 10.2 Å². The van der Waals surface area contributed by atoms with Gasteiger partial charge in [-0.2, -0.15) is 15.1 Å². The Balaban J connectivity index is 1.34. The summed E-state index contributed by atoms with van der Waals surface area (Å²) in [4.78, 5) is 17.0. The molecule has 0 aromatic heterocycles. The van der Waals surface area contributed by atoms with Gasteiger partial charge in [-0.25, -0.2) is 0 Å². The molecule has 2 aromatic rings. The molecule has 38 heavy (non-hydrogen) atoms. The van der Waals surface area contributed by atoms with E-state index in [0.29, 0.717) is 24.1 Å². The number of amidine groups is 2. The molecule has 7 nitrogen and oxygen atoms in total. The van der Waals surface area contributed by atoms with E-state index in [9.17, 15) is 4.79 Å². The molecule has 0 radical (unpaired) electrons. The molecule has 0 spiro atoms. The van der Waals surface area contributed by atoms with Gasteiger partial charge in [0.15, 0.2) is 5.84 Å². The summed E-state index contributed by atoms with van der Waals surface area (Å²) in [5.74, 6) is 1.10. The molecule has 0 atom stereocenters. The van der Waals surface area contributed by atoms with E-state index in [0.717, 1.165) is 47.6 Å². The molecule has 2 aliphatic heterocycles. The number of fused-ring (bicyclic) bond motifs is 1. The first-order valence-electron chi connectivity index (χ1n) is 13.1. The minimum Gasteiger partial charge on any atom is -0.490 e. The smallest absolute Gasteiger partial charge is 0.283 e. The van der Waals surface area contributed by atoms with Gasteiger partial charge < -0.3 is 9.47 Å². The Bertz CT molecular complexity index is 1270. The van der Waals surface area contributed by atoms with Crippen LogP contribution in [-0.4, -0.2) is 40.2 Å². The van der Waals surface area contributed by atoms with E-state index in [1.54, 1.807) is 6.08 Å². The van der Waals surface area contributed by atoms with Crippen molar-refractivity contribution in [1.82, 2.24) is 5.01 Å². The van der Waals surface area contributed by atoms with Crippen LogP contribution in [0.4, 0.5) is 0 Å². The summed E-state index contributed by atoms with van der Waals surface area (Å²) in [7, 11) is 0. The summed E-state index contributed by atoms with van der Waals surface area (Å²) >= 11 is 1.39. The zero-order chi connectivity index (χ0) is 26.7. The monoisotopic (exact) mass is 530 g/mol. The van der Waals surface area contributed by atoms with E-state index in [1.165, 1.54) is 36.0 Å². The second-order valence-corrected chi connectivity index (χ2v) is 10.1. The number of amides is 1. The lowest BCUT2D eigenvalue weighted by molar-refractivity contribution is -0.114. The molecule has 198 valence electrons. The molecule has 0 aliphatic carbocycles. The molecule has 0 saturated heterocycles. The van der Waals surface area contributed by atoms with E-state index in [1.807, 2.05) is 54.6 Å². The third-order valence-corrected chi connectivity index (χ3v) is 7.07. The predicted molar refractivity (Wildman–Crippen MR) is 156 cm³/mol. The Morgan fingerprint density at radius 3 is 2.71 bits per heavy atom. The molecule has 1 amide bonds. The van der Waals surface area contributed by atoms with Gasteiger partial charge in [-0.1, -0.05) is 69.0 Å². The maximum Gasteiger partial charge on any atom is 0.283 e. The van der Waals surface area contributed by atoms with E-state index >= 15 is 0 Å². The Labute approximate surface area is 228 Å². The van der Waals surface area contributed by atoms with Gasteiger partial charge in [0.2, 0.25) is 5.17 Å². The molecule has 0 unspecified atom stereocenters. The zero-order valence-electron chi connectivity index (χ0n) is 21.8. The van der Waals surface area contributed by atoms with E-state index < -0.39 is 5.91 Å². The predicted octanol–water partition coefficient (Wildman–Crippen LogP) is 6.85. The number of carbonyl (C=O) groups excluding carboxylic acids is 1. The van der Waals surface area contributed by atoms with Crippen LogP contribution in [0.25, 0.3) is 6.08 Å². The number of rotatable bonds is 14. The summed E-state index contributed by atoms with van der Waals surface area (Å²) in [6.45, 7) is 6.76. The summed E-state index contributed by atoms with van der Waals surface area (Å²) in [5, 5.41) is 16.0. The Morgan fingerprint density at radius 1 is 1.05 bits per heavy atom. The second kappa shape index (κ2) is 13.8. The Kier molecular flexibility index (Phi) is 9.92. The zero-order valence-corrected chi connectivity index (χ0v) is 22.6. The molecular formula is C30H34N4O3S. The van der Waals surface area contributed by atoms with Crippen molar-refractivity contribution in [3.63, 3.8) is 0 Å². The fourth-order valence-electron chi connectivity index (χ4n) is 4.15. The third kappa shape index (κ3) is 7.22. The van der Waals surface area contributed by atoms with Crippen LogP contribution in [0.2, 0.25) is 0 Å². The molecule has 0 bridgehead atoms. The maximum absolute atomic E-state index is 12.8. The topological polar surface area (TPSA) is 87.3 Å². The van der Waals surface area contributed by atoms with E-state index in [4.69, 9.17) is 14.9 Å². The number of hydrazone groups is 1. The van der Waals surface area contributed by atoms with Gasteiger partial charge >= 0.3 is 0 Å². The summed E-state index contributed by atoms with van der Waals surface area (Å²) in [5.41, 5.74) is 2.04. The number of unbranched alkanes of at least 4 members (excludes halogenated alkanes) is 4. The first kappa shape index (κ1) is 27.4. The standard InChI is InChI=1S/C30H34N4O3S/c1-3-5-6-7-8-17-27-33-34-28(31)25(29(35)32-30(34)38-27)21-22-13-11-15-24(20-22)36-18-19-37-26-16-10-9-14-23(26)12-4-2/h4,9-11,13-16,20-21,31H,2-3,5-8,12,17-19H2,1H3/b25-21-,31-28?. The highest BCUT2D eigenvalue weighted by Gasteiger charge is 2.35. The highest BCUT2D eigenvalue weighted by Crippen LogP contribution is 2.30. The second-order valence-electron chi connectivity index (χ2n) is 9.05. The van der Waals surface area contributed by atoms with Crippen LogP contribution < -0.4 is 9.47 Å². The first-order valence-corrected chi connectivity index (χ1v) is 13.9. The average Bonchev–Trinajstić information content (AvgIpc) is 3.33. The van der Waals surface area contributed by atoms with Crippen LogP contribution in [0.1, 0.15) is 56.6 Å². The molecule has 2 heterocycles. The quantitative estimate of drug-likeness (QED) is 0.164. The maximum atomic E-state index is 12.8. The number of benzene rings is 2. The first-order chi connectivity index (χ1) is 18.6. The molecule has 4 rings (SSSR count). The minimum atomic E-state index is -0.425. The molecule has 8 heteroatoms. The number of carbonyl (C=O) groups is 1. The third-order valence-electron chi connectivity index (χ3n) is 6.11. The highest BCUT2D eigenvalue weighted by atomic mass is 32.2. The van der Waals surface area contributed by atoms with E-state index in [-0.39, 0.29) is 11.4 Å². The number of para-hydroxylation sites is 1. The number of nitrogens with zero attached hydrogens (tertiary/aromatic N) is 3. The van der Waals surface area contributed by atoms with Crippen LogP contribution in [0, 0.1) is 5.41 Å². The van der Waals surface area contributed by atoms with Crippen LogP contribution in [-0.2, 0) is 11.2 Å². The van der Waals surface area contributed by atoms with Gasteiger partial charge in [0.25, 0.3) is 5.91 Å². The molecule has 2 aromatic carbocycles. The molecular weight excluding hydrogens is 496 g/mol. The number of thioether (sulfide) groups is 1. The van der Waals surface area contributed by atoms with Gasteiger partial charge in [0, 0.05) is 0 Å². The molecule has 0 fully saturated rings. The van der Waals surface area contributed by atoms with Crippen molar-refractivity contribution in [2.24, 2.45) is 10.1 Å². The van der Waals surface area contributed by atoms with Crippen LogP contribution >= 0.6 is 11.8 Å². The fourth-order valence-corrected chi connectivity index (χ4v) is 5.08. The summed E-state index contributed by atoms with van der Waals surface area (Å²) < 4.78 is 11.8. The largest absolute Gasteiger partial charge is 0.490 e. The number of hydrogen-bond donors (Lipinski definition) is 1. The lowest BCUT2D eigenvalue weighted by Gasteiger charge is -2.20. The van der Waals surface area contributed by atoms with Crippen LogP contribution in [0.3, 0.4) is 0 Å². The van der Waals surface area contributed by atoms with Crippen molar-refractivity contribution in [2.75, 3.05) is 13.2 Å². The normalized spacial score (nSPS) is 15.8. The average molecular weight is 531 g/mol. The van der Waals surface area contributed by atoms with Crippen molar-refractivity contribution in [1.29, 1.82) is 5.41 Å². The fraction of sp³-hybridized carbons (Fsp3) is 0.333. The number of hydrogen-bond acceptors (Lipinski definition) is 6. The number of aliphatic imine (C=N–C) groups is 1. The van der Waals surface area contributed by atoms with Crippen molar-refractivity contribution in [2.45, 2.75) is 51.9 Å². The molecule has 1 N–H and O–H groups in total. The van der Waals surface area contributed by atoms with Gasteiger partial charge in [-0.05, 0) is 66.4 Å². The van der Waals surface area contributed by atoms with Gasteiger partial charge in [0.1, 0.15) is 29.8 Å². The number of ether oxygens (including phenoxy) is 2. The van der Waals surface area contributed by atoms with Crippen molar-refractivity contribution in [3.05, 3.63) is 77.9 Å². The Hall–Kier alpha value is -3.65. The van der Waals surface area contributed by atoms with Gasteiger partial charge in [-0.15, -0.1) is 6.58 Å². The van der Waals surface area contributed by atoms with Crippen molar-refractivity contribution >= 4 is 39.8 Å². The lowest BCUT2D eigenvalue weighted by Crippen LogP contribution is -2.35. The molecule has 0 saturated carbocycles. The lowest BCUT2D eigenvalue weighted by atomic mass is 10.1. The van der Waals surface area contributed by atoms with E-state index in [2.05, 4.69) is 23.6 Å². The minimum absolute atomic E-state index is 0.0476. The van der Waals surface area contributed by atoms with Crippen molar-refractivity contribution in [3.8, 4) is 11.5 Å². The van der Waals surface area contributed by atoms with Gasteiger partial charge in [0.05, 0.1) is 5.57 Å². The Morgan fingerprint density at radius 2 is 1.87 bits per heavy atom. The number of allylic oxidation sites excluding steroid dienone is 1. The van der Waals surface area contributed by atoms with Crippen LogP contribution in [0.5, 0.6) is 11.5 Å².